The molecule has 5 rings (SSSR count). The molecule has 3 aromatic heterocycles. The van der Waals surface area contributed by atoms with Gasteiger partial charge in [-0.25, -0.2) is 14.8 Å². The summed E-state index contributed by atoms with van der Waals surface area (Å²) in [6, 6.07) is 5.90. The third-order valence-corrected chi connectivity index (χ3v) is 9.42. The van der Waals surface area contributed by atoms with Crippen LogP contribution in [-0.4, -0.2) is 89.0 Å². The van der Waals surface area contributed by atoms with Crippen LogP contribution in [0.4, 0.5) is 4.79 Å². The van der Waals surface area contributed by atoms with Crippen molar-refractivity contribution >= 4 is 42.1 Å². The van der Waals surface area contributed by atoms with Gasteiger partial charge >= 0.3 is 6.09 Å². The summed E-state index contributed by atoms with van der Waals surface area (Å²) in [5, 5.41) is 11.6. The number of hydrogen-bond donors (Lipinski definition) is 2. The van der Waals surface area contributed by atoms with E-state index >= 15 is 0 Å². The first-order chi connectivity index (χ1) is 21.7. The number of nitrogens with one attached hydrogen (secondary N) is 2. The van der Waals surface area contributed by atoms with Gasteiger partial charge in [-0.3, -0.25) is 9.48 Å². The number of ether oxygens (including phenoxy) is 4. The summed E-state index contributed by atoms with van der Waals surface area (Å²) in [6.45, 7) is 13.8. The maximum absolute atomic E-state index is 14.0. The summed E-state index contributed by atoms with van der Waals surface area (Å²) in [4.78, 5) is 36.2. The lowest BCUT2D eigenvalue weighted by Gasteiger charge is -2.33. The summed E-state index contributed by atoms with van der Waals surface area (Å²) in [6.07, 6.45) is 3.35. The van der Waals surface area contributed by atoms with E-state index < -0.39 is 25.8 Å². The van der Waals surface area contributed by atoms with Gasteiger partial charge in [-0.2, -0.15) is 5.10 Å². The molecule has 0 aliphatic carbocycles. The molecule has 0 spiro atoms. The third kappa shape index (κ3) is 7.85. The Labute approximate surface area is 270 Å². The van der Waals surface area contributed by atoms with E-state index in [-0.39, 0.29) is 25.3 Å². The van der Waals surface area contributed by atoms with Crippen LogP contribution in [0.15, 0.2) is 30.6 Å². The van der Waals surface area contributed by atoms with Crippen LogP contribution in [0, 0.1) is 0 Å². The van der Waals surface area contributed by atoms with E-state index in [4.69, 9.17) is 34.0 Å². The van der Waals surface area contributed by atoms with Gasteiger partial charge in [-0.15, -0.1) is 0 Å². The van der Waals surface area contributed by atoms with E-state index in [0.29, 0.717) is 53.5 Å². The number of benzene rings is 1. The fraction of sp³-hybridized carbons (Fsp3) is 0.531. The van der Waals surface area contributed by atoms with Crippen LogP contribution in [0.2, 0.25) is 25.7 Å². The second-order valence-corrected chi connectivity index (χ2v) is 19.5. The third-order valence-electron chi connectivity index (χ3n) is 7.71. The first-order valence-corrected chi connectivity index (χ1v) is 19.3. The van der Waals surface area contributed by atoms with Crippen LogP contribution in [0.1, 0.15) is 37.6 Å². The Kier molecular flexibility index (Phi) is 9.70. The molecule has 1 aliphatic rings. The van der Waals surface area contributed by atoms with Gasteiger partial charge in [-0.05, 0) is 51.4 Å². The SMILES string of the molecule is COc1ccc2c(c1)c(-c1cnc3c(n1)c(C(=O)N[C@@H]1CCOC[C@@H]1NC(=O)OC(C)(C)C)cn3COCC[Si](C)(C)C)nn2C. The van der Waals surface area contributed by atoms with Crippen molar-refractivity contribution in [1.82, 2.24) is 34.9 Å². The number of rotatable bonds is 10. The molecule has 0 unspecified atom stereocenters. The number of hydrogen-bond acceptors (Lipinski definition) is 9. The predicted octanol–water partition coefficient (Wildman–Crippen LogP) is 4.72. The van der Waals surface area contributed by atoms with E-state index in [0.717, 1.165) is 16.9 Å². The summed E-state index contributed by atoms with van der Waals surface area (Å²) < 4.78 is 26.2. The lowest BCUT2D eigenvalue weighted by molar-refractivity contribution is 0.0249. The second-order valence-electron chi connectivity index (χ2n) is 13.8. The Hall–Kier alpha value is -4.01. The number of methoxy groups -OCH3 is 1. The molecule has 14 heteroatoms. The van der Waals surface area contributed by atoms with Crippen LogP contribution in [0.5, 0.6) is 5.75 Å². The van der Waals surface area contributed by atoms with Gasteiger partial charge in [0.05, 0.1) is 43.1 Å². The summed E-state index contributed by atoms with van der Waals surface area (Å²) >= 11 is 0. The van der Waals surface area contributed by atoms with Crippen molar-refractivity contribution in [1.29, 1.82) is 0 Å². The highest BCUT2D eigenvalue weighted by atomic mass is 28.3. The van der Waals surface area contributed by atoms with Gasteiger partial charge < -0.3 is 34.1 Å². The number of fused-ring (bicyclic) bond motifs is 2. The first kappa shape index (κ1) is 33.4. The van der Waals surface area contributed by atoms with Crippen molar-refractivity contribution in [3.05, 3.63) is 36.2 Å². The molecule has 1 aromatic carbocycles. The molecule has 13 nitrogen and oxygen atoms in total. The standard InChI is InChI=1S/C32H45N7O6Si/c1-32(2,3)45-31(41)36-25-18-43-12-11-23(25)35-30(40)22-17-39(19-44-13-14-46(6,7)8)29-28(22)34-24(16-33-29)27-21-15-20(42-5)9-10-26(21)38(4)37-27/h9-10,15-17,23,25H,11-14,18-19H2,1-8H3,(H,35,40)(H,36,41)/t23-,25+/m1/s1. The molecule has 0 radical (unpaired) electrons. The van der Waals surface area contributed by atoms with E-state index in [9.17, 15) is 9.59 Å². The highest BCUT2D eigenvalue weighted by Gasteiger charge is 2.32. The predicted molar refractivity (Wildman–Crippen MR) is 178 cm³/mol. The minimum absolute atomic E-state index is 0.228. The Morgan fingerprint density at radius 3 is 2.65 bits per heavy atom. The van der Waals surface area contributed by atoms with Crippen molar-refractivity contribution in [2.75, 3.05) is 26.9 Å². The summed E-state index contributed by atoms with van der Waals surface area (Å²) in [5.74, 6) is 0.358. The van der Waals surface area contributed by atoms with Crippen LogP contribution in [0.25, 0.3) is 33.5 Å². The van der Waals surface area contributed by atoms with Crippen molar-refractivity contribution in [2.24, 2.45) is 7.05 Å². The van der Waals surface area contributed by atoms with Gasteiger partial charge in [0.25, 0.3) is 5.91 Å². The Morgan fingerprint density at radius 2 is 1.93 bits per heavy atom. The maximum atomic E-state index is 14.0. The smallest absolute Gasteiger partial charge is 0.408 e. The van der Waals surface area contributed by atoms with E-state index in [1.165, 1.54) is 0 Å². The molecule has 0 bridgehead atoms. The van der Waals surface area contributed by atoms with Gasteiger partial charge in [0.1, 0.15) is 35.0 Å². The van der Waals surface area contributed by atoms with Crippen LogP contribution in [0.3, 0.4) is 0 Å². The van der Waals surface area contributed by atoms with Crippen molar-refractivity contribution < 1.29 is 28.5 Å². The van der Waals surface area contributed by atoms with E-state index in [2.05, 4.69) is 30.3 Å². The molecule has 4 aromatic rings. The zero-order valence-electron chi connectivity index (χ0n) is 28.0. The molecule has 46 heavy (non-hydrogen) atoms. The fourth-order valence-corrected chi connectivity index (χ4v) is 6.05. The normalized spacial score (nSPS) is 17.3. The Balaban J connectivity index is 1.48. The molecule has 4 heterocycles. The Morgan fingerprint density at radius 1 is 1.15 bits per heavy atom. The van der Waals surface area contributed by atoms with E-state index in [1.54, 1.807) is 45.0 Å². The quantitative estimate of drug-likeness (QED) is 0.184. The fourth-order valence-electron chi connectivity index (χ4n) is 5.29. The monoisotopic (exact) mass is 651 g/mol. The van der Waals surface area contributed by atoms with Crippen LogP contribution >= 0.6 is 0 Å². The van der Waals surface area contributed by atoms with Crippen LogP contribution in [-0.2, 0) is 28.0 Å². The number of carbonyl (C=O) groups is 2. The van der Waals surface area contributed by atoms with Crippen molar-refractivity contribution in [2.45, 2.75) is 77.3 Å². The lowest BCUT2D eigenvalue weighted by Crippen LogP contribution is -2.57. The largest absolute Gasteiger partial charge is 0.497 e. The molecule has 1 saturated heterocycles. The number of nitrogens with zero attached hydrogens (tertiary/aromatic N) is 5. The number of carbonyl (C=O) groups excluding carboxylic acids is 2. The molecule has 2 atom stereocenters. The molecule has 0 saturated carbocycles. The maximum Gasteiger partial charge on any atom is 0.408 e. The number of amides is 2. The van der Waals surface area contributed by atoms with Gasteiger partial charge in [0, 0.05) is 39.9 Å². The minimum Gasteiger partial charge on any atom is -0.497 e. The molecular formula is C32H45N7O6Si. The number of aromatic nitrogens is 5. The number of alkyl carbamates (subject to hydrolysis) is 1. The summed E-state index contributed by atoms with van der Waals surface area (Å²) in [5.41, 5.74) is 2.70. The lowest BCUT2D eigenvalue weighted by atomic mass is 10.0. The molecule has 248 valence electrons. The topological polar surface area (TPSA) is 144 Å². The second kappa shape index (κ2) is 13.4. The highest BCUT2D eigenvalue weighted by molar-refractivity contribution is 6.76. The molecule has 1 aliphatic heterocycles. The van der Waals surface area contributed by atoms with Crippen molar-refractivity contribution in [3.8, 4) is 17.1 Å². The average Bonchev–Trinajstić information content (AvgIpc) is 3.51. The zero-order valence-corrected chi connectivity index (χ0v) is 29.0. The number of aryl methyl sites for hydroxylation is 1. The van der Waals surface area contributed by atoms with E-state index in [1.807, 2.05) is 29.8 Å². The molecule has 2 amide bonds. The minimum atomic E-state index is -1.28. The zero-order chi connectivity index (χ0) is 33.2. The van der Waals surface area contributed by atoms with Gasteiger partial charge in [0.15, 0.2) is 5.65 Å². The molecule has 1 fully saturated rings. The molecule has 2 N–H and O–H groups in total. The van der Waals surface area contributed by atoms with Gasteiger partial charge in [-0.1, -0.05) is 19.6 Å². The molecular weight excluding hydrogens is 606 g/mol. The Bertz CT molecular complexity index is 1720. The average molecular weight is 652 g/mol. The van der Waals surface area contributed by atoms with Crippen LogP contribution < -0.4 is 15.4 Å². The first-order valence-electron chi connectivity index (χ1n) is 15.6. The highest BCUT2D eigenvalue weighted by Crippen LogP contribution is 2.31. The van der Waals surface area contributed by atoms with Crippen molar-refractivity contribution in [3.63, 3.8) is 0 Å². The van der Waals surface area contributed by atoms with Gasteiger partial charge in [0.2, 0.25) is 0 Å². The summed E-state index contributed by atoms with van der Waals surface area (Å²) in [7, 11) is 2.20.